The van der Waals surface area contributed by atoms with E-state index < -0.39 is 10.0 Å². The van der Waals surface area contributed by atoms with Crippen molar-refractivity contribution in [1.82, 2.24) is 10.0 Å². The molecule has 128 valence electrons. The van der Waals surface area contributed by atoms with Gasteiger partial charge in [-0.3, -0.25) is 0 Å². The van der Waals surface area contributed by atoms with Gasteiger partial charge in [0.15, 0.2) is 0 Å². The topological polar surface area (TPSA) is 58.2 Å². The van der Waals surface area contributed by atoms with Crippen molar-refractivity contribution in [3.63, 3.8) is 0 Å². The molecule has 0 fully saturated rings. The molecule has 4 nitrogen and oxygen atoms in total. The average molecular weight is 348 g/mol. The van der Waals surface area contributed by atoms with Gasteiger partial charge in [-0.2, -0.15) is 0 Å². The highest BCUT2D eigenvalue weighted by molar-refractivity contribution is 7.89. The first kappa shape index (κ1) is 17.1. The fourth-order valence-corrected chi connectivity index (χ4v) is 4.25. The third-order valence-corrected chi connectivity index (χ3v) is 5.82. The minimum atomic E-state index is -3.44. The Balaban J connectivity index is 1.71. The summed E-state index contributed by atoms with van der Waals surface area (Å²) in [6.07, 6.45) is 1.79. The molecule has 24 heavy (non-hydrogen) atoms. The molecule has 0 saturated heterocycles. The van der Waals surface area contributed by atoms with Crippen LogP contribution in [-0.4, -0.2) is 15.0 Å². The average Bonchev–Trinajstić information content (AvgIpc) is 2.95. The van der Waals surface area contributed by atoms with E-state index in [9.17, 15) is 12.8 Å². The molecule has 1 unspecified atom stereocenters. The van der Waals surface area contributed by atoms with Crippen LogP contribution in [0, 0.1) is 5.82 Å². The van der Waals surface area contributed by atoms with Gasteiger partial charge >= 0.3 is 0 Å². The molecule has 0 aliphatic heterocycles. The maximum absolute atomic E-state index is 13.3. The lowest BCUT2D eigenvalue weighted by atomic mass is 10.1. The molecule has 1 aliphatic carbocycles. The molecule has 0 saturated carbocycles. The Morgan fingerprint density at radius 1 is 1.21 bits per heavy atom. The van der Waals surface area contributed by atoms with Crippen LogP contribution < -0.4 is 10.0 Å². The van der Waals surface area contributed by atoms with Crippen LogP contribution >= 0.6 is 0 Å². The van der Waals surface area contributed by atoms with Gasteiger partial charge in [-0.25, -0.2) is 17.5 Å². The number of sulfonamides is 1. The maximum atomic E-state index is 13.3. The van der Waals surface area contributed by atoms with Gasteiger partial charge in [-0.1, -0.05) is 25.1 Å². The van der Waals surface area contributed by atoms with Gasteiger partial charge < -0.3 is 5.32 Å². The monoisotopic (exact) mass is 348 g/mol. The molecular formula is C18H21FN2O2S. The molecule has 1 atom stereocenters. The van der Waals surface area contributed by atoms with Crippen LogP contribution in [-0.2, 0) is 23.0 Å². The lowest BCUT2D eigenvalue weighted by Crippen LogP contribution is -2.23. The number of hydrogen-bond acceptors (Lipinski definition) is 3. The van der Waals surface area contributed by atoms with Gasteiger partial charge in [0.1, 0.15) is 5.82 Å². The van der Waals surface area contributed by atoms with Crippen molar-refractivity contribution in [2.45, 2.75) is 37.2 Å². The highest BCUT2D eigenvalue weighted by Crippen LogP contribution is 2.31. The van der Waals surface area contributed by atoms with Crippen LogP contribution in [0.5, 0.6) is 0 Å². The normalized spacial score (nSPS) is 17.0. The summed E-state index contributed by atoms with van der Waals surface area (Å²) in [5, 5.41) is 3.45. The summed E-state index contributed by atoms with van der Waals surface area (Å²) in [4.78, 5) is 0.276. The van der Waals surface area contributed by atoms with Crippen LogP contribution in [0.1, 0.15) is 36.1 Å². The number of halogens is 1. The van der Waals surface area contributed by atoms with Crippen molar-refractivity contribution in [3.05, 3.63) is 65.0 Å². The largest absolute Gasteiger partial charge is 0.306 e. The molecule has 3 rings (SSSR count). The standard InChI is InChI=1S/C18H21FN2O2S/c1-2-21-24(22,23)16-5-3-4-13(10-16)12-20-18-9-6-14-11-15(19)7-8-17(14)18/h3-5,7-8,10-11,18,20-21H,2,6,9,12H2,1H3. The Bertz CT molecular complexity index is 837. The second-order valence-corrected chi connectivity index (χ2v) is 7.73. The summed E-state index contributed by atoms with van der Waals surface area (Å²) in [6.45, 7) is 2.68. The molecule has 2 aromatic carbocycles. The number of nitrogens with one attached hydrogen (secondary N) is 2. The van der Waals surface area contributed by atoms with E-state index >= 15 is 0 Å². The second-order valence-electron chi connectivity index (χ2n) is 5.96. The van der Waals surface area contributed by atoms with E-state index in [1.165, 1.54) is 6.07 Å². The summed E-state index contributed by atoms with van der Waals surface area (Å²) in [6, 6.07) is 12.0. The van der Waals surface area contributed by atoms with Gasteiger partial charge in [0.2, 0.25) is 10.0 Å². The predicted molar refractivity (Wildman–Crippen MR) is 91.6 cm³/mol. The molecule has 6 heteroatoms. The van der Waals surface area contributed by atoms with Crippen molar-refractivity contribution in [2.75, 3.05) is 6.54 Å². The van der Waals surface area contributed by atoms with Crippen LogP contribution in [0.3, 0.4) is 0 Å². The first-order chi connectivity index (χ1) is 11.5. The summed E-state index contributed by atoms with van der Waals surface area (Å²) in [5.41, 5.74) is 3.09. The second kappa shape index (κ2) is 7.01. The molecule has 0 heterocycles. The number of benzene rings is 2. The minimum Gasteiger partial charge on any atom is -0.306 e. The van der Waals surface area contributed by atoms with Crippen LogP contribution in [0.2, 0.25) is 0 Å². The molecule has 0 spiro atoms. The fraction of sp³-hybridized carbons (Fsp3) is 0.333. The zero-order chi connectivity index (χ0) is 17.2. The Morgan fingerprint density at radius 3 is 2.83 bits per heavy atom. The number of fused-ring (bicyclic) bond motifs is 1. The van der Waals surface area contributed by atoms with E-state index in [1.54, 1.807) is 31.2 Å². The van der Waals surface area contributed by atoms with E-state index in [-0.39, 0.29) is 16.8 Å². The Morgan fingerprint density at radius 2 is 2.04 bits per heavy atom. The number of hydrogen-bond donors (Lipinski definition) is 2. The SMILES string of the molecule is CCNS(=O)(=O)c1cccc(CNC2CCc3cc(F)ccc32)c1. The van der Waals surface area contributed by atoms with Gasteiger partial charge in [0, 0.05) is 19.1 Å². The van der Waals surface area contributed by atoms with E-state index in [0.29, 0.717) is 13.1 Å². The number of rotatable bonds is 6. The Labute approximate surface area is 142 Å². The highest BCUT2D eigenvalue weighted by Gasteiger charge is 2.22. The molecular weight excluding hydrogens is 327 g/mol. The minimum absolute atomic E-state index is 0.176. The molecule has 2 N–H and O–H groups in total. The van der Waals surface area contributed by atoms with Crippen molar-refractivity contribution in [3.8, 4) is 0 Å². The number of aryl methyl sites for hydroxylation is 1. The lowest BCUT2D eigenvalue weighted by molar-refractivity contribution is 0.529. The maximum Gasteiger partial charge on any atom is 0.240 e. The Hall–Kier alpha value is -1.76. The zero-order valence-corrected chi connectivity index (χ0v) is 14.4. The van der Waals surface area contributed by atoms with Crippen LogP contribution in [0.4, 0.5) is 4.39 Å². The lowest BCUT2D eigenvalue weighted by Gasteiger charge is -2.15. The molecule has 0 bridgehead atoms. The van der Waals surface area contributed by atoms with Crippen LogP contribution in [0.15, 0.2) is 47.4 Å². The molecule has 0 aromatic heterocycles. The third kappa shape index (κ3) is 3.66. The molecule has 0 radical (unpaired) electrons. The smallest absolute Gasteiger partial charge is 0.240 e. The Kier molecular flexibility index (Phi) is 4.99. The van der Waals surface area contributed by atoms with Gasteiger partial charge in [0.05, 0.1) is 4.90 Å². The van der Waals surface area contributed by atoms with Crippen molar-refractivity contribution < 1.29 is 12.8 Å². The first-order valence-corrected chi connectivity index (χ1v) is 9.58. The third-order valence-electron chi connectivity index (χ3n) is 4.28. The van der Waals surface area contributed by atoms with E-state index in [0.717, 1.165) is 29.5 Å². The highest BCUT2D eigenvalue weighted by atomic mass is 32.2. The summed E-state index contributed by atoms with van der Waals surface area (Å²) >= 11 is 0. The zero-order valence-electron chi connectivity index (χ0n) is 13.5. The molecule has 0 amide bonds. The van der Waals surface area contributed by atoms with E-state index in [1.807, 2.05) is 12.1 Å². The van der Waals surface area contributed by atoms with Gasteiger partial charge in [-0.05, 0) is 53.8 Å². The van der Waals surface area contributed by atoms with E-state index in [4.69, 9.17) is 0 Å². The van der Waals surface area contributed by atoms with Gasteiger partial charge in [-0.15, -0.1) is 0 Å². The van der Waals surface area contributed by atoms with Gasteiger partial charge in [0.25, 0.3) is 0 Å². The quantitative estimate of drug-likeness (QED) is 0.844. The van der Waals surface area contributed by atoms with Crippen molar-refractivity contribution >= 4 is 10.0 Å². The summed E-state index contributed by atoms with van der Waals surface area (Å²) in [5.74, 6) is -0.198. The predicted octanol–water partition coefficient (Wildman–Crippen LogP) is 2.90. The molecule has 1 aliphatic rings. The first-order valence-electron chi connectivity index (χ1n) is 8.10. The summed E-state index contributed by atoms with van der Waals surface area (Å²) < 4.78 is 39.9. The van der Waals surface area contributed by atoms with E-state index in [2.05, 4.69) is 10.0 Å². The van der Waals surface area contributed by atoms with Crippen LogP contribution in [0.25, 0.3) is 0 Å². The fourth-order valence-electron chi connectivity index (χ4n) is 3.14. The van der Waals surface area contributed by atoms with Crippen molar-refractivity contribution in [2.24, 2.45) is 0 Å². The van der Waals surface area contributed by atoms with Crippen molar-refractivity contribution in [1.29, 1.82) is 0 Å². The molecule has 2 aromatic rings. The summed E-state index contributed by atoms with van der Waals surface area (Å²) in [7, 11) is -3.44.